The molecule has 176 valence electrons. The molecule has 0 atom stereocenters. The molecule has 1 aliphatic rings. The molecule has 0 saturated carbocycles. The van der Waals surface area contributed by atoms with Crippen molar-refractivity contribution in [3.8, 4) is 11.5 Å². The number of amides is 2. The summed E-state index contributed by atoms with van der Waals surface area (Å²) in [5.41, 5.74) is 2.55. The van der Waals surface area contributed by atoms with E-state index in [1.165, 1.54) is 24.3 Å². The summed E-state index contributed by atoms with van der Waals surface area (Å²) in [5.74, 6) is -0.830. The summed E-state index contributed by atoms with van der Waals surface area (Å²) in [4.78, 5) is 27.0. The summed E-state index contributed by atoms with van der Waals surface area (Å²) in [7, 11) is 0. The molecule has 4 aromatic carbocycles. The van der Waals surface area contributed by atoms with Gasteiger partial charge in [0.25, 0.3) is 5.91 Å². The molecule has 0 aliphatic carbocycles. The lowest BCUT2D eigenvalue weighted by molar-refractivity contribution is -0.116. The van der Waals surface area contributed by atoms with Crippen molar-refractivity contribution in [2.24, 2.45) is 0 Å². The third-order valence-corrected chi connectivity index (χ3v) is 6.09. The van der Waals surface area contributed by atoms with Gasteiger partial charge in [-0.1, -0.05) is 48.5 Å². The second-order valence-electron chi connectivity index (χ2n) is 8.36. The van der Waals surface area contributed by atoms with Crippen LogP contribution in [0, 0.1) is 5.82 Å². The first kappa shape index (κ1) is 21.6. The van der Waals surface area contributed by atoms with Gasteiger partial charge in [-0.2, -0.15) is 0 Å². The molecule has 1 aliphatic heterocycles. The second-order valence-corrected chi connectivity index (χ2v) is 8.36. The molecular formula is C29H19FN2O4. The van der Waals surface area contributed by atoms with E-state index < -0.39 is 17.6 Å². The number of rotatable bonds is 4. The molecule has 36 heavy (non-hydrogen) atoms. The smallest absolute Gasteiger partial charge is 0.293 e. The molecule has 6 rings (SSSR count). The highest BCUT2D eigenvalue weighted by Crippen LogP contribution is 2.45. The molecule has 0 fully saturated rings. The first-order valence-corrected chi connectivity index (χ1v) is 11.3. The quantitative estimate of drug-likeness (QED) is 0.301. The van der Waals surface area contributed by atoms with Crippen molar-refractivity contribution >= 4 is 34.2 Å². The number of halogens is 1. The summed E-state index contributed by atoms with van der Waals surface area (Å²) in [5, 5.41) is 6.24. The van der Waals surface area contributed by atoms with Gasteiger partial charge in [0.05, 0.1) is 5.92 Å². The monoisotopic (exact) mass is 478 g/mol. The van der Waals surface area contributed by atoms with E-state index in [0.717, 1.165) is 11.1 Å². The van der Waals surface area contributed by atoms with Crippen LogP contribution < -0.4 is 15.4 Å². The molecule has 0 unspecified atom stereocenters. The maximum absolute atomic E-state index is 13.8. The van der Waals surface area contributed by atoms with Gasteiger partial charge in [0.15, 0.2) is 0 Å². The van der Waals surface area contributed by atoms with Gasteiger partial charge in [-0.3, -0.25) is 9.59 Å². The highest BCUT2D eigenvalue weighted by atomic mass is 19.1. The van der Waals surface area contributed by atoms with Crippen molar-refractivity contribution in [3.05, 3.63) is 120 Å². The average molecular weight is 478 g/mol. The van der Waals surface area contributed by atoms with E-state index in [1.54, 1.807) is 24.3 Å². The Labute approximate surface area is 205 Å². The molecule has 2 amide bonds. The summed E-state index contributed by atoms with van der Waals surface area (Å²) >= 11 is 0. The molecule has 7 heteroatoms. The van der Waals surface area contributed by atoms with Gasteiger partial charge in [-0.15, -0.1) is 0 Å². The van der Waals surface area contributed by atoms with Crippen LogP contribution >= 0.6 is 0 Å². The fourth-order valence-electron chi connectivity index (χ4n) is 4.44. The van der Waals surface area contributed by atoms with E-state index in [2.05, 4.69) is 10.6 Å². The van der Waals surface area contributed by atoms with Crippen LogP contribution in [0.1, 0.15) is 27.6 Å². The summed E-state index contributed by atoms with van der Waals surface area (Å²) in [6, 6.07) is 27.2. The number of nitrogens with one attached hydrogen (secondary N) is 2. The fourth-order valence-corrected chi connectivity index (χ4v) is 4.44. The molecule has 0 spiro atoms. The Kier molecular flexibility index (Phi) is 5.22. The number of furan rings is 1. The Morgan fingerprint density at radius 1 is 0.722 bits per heavy atom. The first-order chi connectivity index (χ1) is 17.6. The first-order valence-electron chi connectivity index (χ1n) is 11.3. The summed E-state index contributed by atoms with van der Waals surface area (Å²) < 4.78 is 25.2. The van der Waals surface area contributed by atoms with Crippen molar-refractivity contribution in [1.29, 1.82) is 0 Å². The van der Waals surface area contributed by atoms with Crippen molar-refractivity contribution in [1.82, 2.24) is 0 Å². The van der Waals surface area contributed by atoms with Crippen LogP contribution in [0.5, 0.6) is 11.5 Å². The normalized spacial score (nSPS) is 12.4. The van der Waals surface area contributed by atoms with Crippen LogP contribution in [0.25, 0.3) is 11.0 Å². The number of ether oxygens (including phenoxy) is 1. The molecule has 2 heterocycles. The van der Waals surface area contributed by atoms with Crippen LogP contribution in [-0.2, 0) is 4.79 Å². The van der Waals surface area contributed by atoms with Crippen LogP contribution in [0.3, 0.4) is 0 Å². The van der Waals surface area contributed by atoms with Gasteiger partial charge in [-0.25, -0.2) is 4.39 Å². The summed E-state index contributed by atoms with van der Waals surface area (Å²) in [6.45, 7) is 0. The standard InChI is InChI=1S/C29H19FN2O4/c30-17-13-15-18(16-14-17)31-29(34)27-26(21-9-3-6-12-24(21)36-27)32-28(33)25-19-7-1-4-10-22(19)35-23-11-5-2-8-20(23)25/h1-16,25H,(H,31,34)(H,32,33). The summed E-state index contributed by atoms with van der Waals surface area (Å²) in [6.07, 6.45) is 0. The van der Waals surface area contributed by atoms with E-state index >= 15 is 0 Å². The molecular weight excluding hydrogens is 459 g/mol. The van der Waals surface area contributed by atoms with Crippen molar-refractivity contribution in [3.63, 3.8) is 0 Å². The molecule has 0 saturated heterocycles. The number of para-hydroxylation sites is 3. The number of carbonyl (C=O) groups excluding carboxylic acids is 2. The van der Waals surface area contributed by atoms with Gasteiger partial charge < -0.3 is 19.8 Å². The average Bonchev–Trinajstić information content (AvgIpc) is 3.27. The Morgan fingerprint density at radius 2 is 1.33 bits per heavy atom. The number of fused-ring (bicyclic) bond motifs is 3. The predicted molar refractivity (Wildman–Crippen MR) is 134 cm³/mol. The zero-order valence-corrected chi connectivity index (χ0v) is 18.8. The maximum Gasteiger partial charge on any atom is 0.293 e. The Bertz CT molecular complexity index is 1580. The lowest BCUT2D eigenvalue weighted by Crippen LogP contribution is -2.26. The number of anilines is 2. The largest absolute Gasteiger partial charge is 0.457 e. The SMILES string of the molecule is O=C(Nc1ccc(F)cc1)c1oc2ccccc2c1NC(=O)C1c2ccccc2Oc2ccccc21. The van der Waals surface area contributed by atoms with Gasteiger partial charge >= 0.3 is 0 Å². The zero-order valence-electron chi connectivity index (χ0n) is 18.8. The van der Waals surface area contributed by atoms with Crippen LogP contribution in [-0.4, -0.2) is 11.8 Å². The van der Waals surface area contributed by atoms with E-state index in [0.29, 0.717) is 28.2 Å². The van der Waals surface area contributed by atoms with E-state index in [4.69, 9.17) is 9.15 Å². The van der Waals surface area contributed by atoms with Gasteiger partial charge in [0, 0.05) is 22.2 Å². The highest BCUT2D eigenvalue weighted by Gasteiger charge is 2.34. The fraction of sp³-hybridized carbons (Fsp3) is 0.0345. The molecule has 0 bridgehead atoms. The molecule has 6 nitrogen and oxygen atoms in total. The highest BCUT2D eigenvalue weighted by molar-refractivity contribution is 6.15. The third-order valence-electron chi connectivity index (χ3n) is 6.09. The number of hydrogen-bond donors (Lipinski definition) is 2. The van der Waals surface area contributed by atoms with E-state index in [1.807, 2.05) is 48.5 Å². The lowest BCUT2D eigenvalue weighted by Gasteiger charge is -2.27. The lowest BCUT2D eigenvalue weighted by atomic mass is 9.87. The van der Waals surface area contributed by atoms with Crippen LogP contribution in [0.2, 0.25) is 0 Å². The number of benzene rings is 4. The van der Waals surface area contributed by atoms with E-state index in [9.17, 15) is 14.0 Å². The van der Waals surface area contributed by atoms with Crippen LogP contribution in [0.15, 0.2) is 101 Å². The minimum atomic E-state index is -0.659. The van der Waals surface area contributed by atoms with Crippen LogP contribution in [0.4, 0.5) is 15.8 Å². The molecule has 5 aromatic rings. The third kappa shape index (κ3) is 3.76. The predicted octanol–water partition coefficient (Wildman–Crippen LogP) is 6.70. The van der Waals surface area contributed by atoms with E-state index in [-0.39, 0.29) is 17.4 Å². The number of carbonyl (C=O) groups is 2. The zero-order chi connectivity index (χ0) is 24.6. The van der Waals surface area contributed by atoms with Gasteiger partial charge in [0.2, 0.25) is 11.7 Å². The Balaban J connectivity index is 1.40. The number of hydrogen-bond acceptors (Lipinski definition) is 4. The minimum Gasteiger partial charge on any atom is -0.457 e. The Morgan fingerprint density at radius 3 is 2.03 bits per heavy atom. The maximum atomic E-state index is 13.8. The minimum absolute atomic E-state index is 0.0532. The molecule has 0 radical (unpaired) electrons. The molecule has 2 N–H and O–H groups in total. The second kappa shape index (κ2) is 8.70. The van der Waals surface area contributed by atoms with Crippen molar-refractivity contribution in [2.75, 3.05) is 10.6 Å². The van der Waals surface area contributed by atoms with Crippen molar-refractivity contribution < 1.29 is 23.1 Å². The topological polar surface area (TPSA) is 80.6 Å². The Hall–Kier alpha value is -4.91. The van der Waals surface area contributed by atoms with Gasteiger partial charge in [-0.05, 0) is 48.5 Å². The van der Waals surface area contributed by atoms with Crippen molar-refractivity contribution in [2.45, 2.75) is 5.92 Å². The van der Waals surface area contributed by atoms with Gasteiger partial charge in [0.1, 0.15) is 28.6 Å². The molecule has 1 aromatic heterocycles.